The van der Waals surface area contributed by atoms with Crippen LogP contribution in [0.3, 0.4) is 0 Å². The Morgan fingerprint density at radius 2 is 2.04 bits per heavy atom. The minimum absolute atomic E-state index is 0.295. The molecule has 25 heavy (non-hydrogen) atoms. The first-order valence-electron chi connectivity index (χ1n) is 7.96. The van der Waals surface area contributed by atoms with Gasteiger partial charge in [0.05, 0.1) is 17.9 Å². The normalized spacial score (nSPS) is 18.6. The maximum atomic E-state index is 12.6. The molecule has 134 valence electrons. The van der Waals surface area contributed by atoms with Crippen molar-refractivity contribution < 1.29 is 8.42 Å². The predicted molar refractivity (Wildman–Crippen MR) is 93.4 cm³/mol. The fourth-order valence-corrected chi connectivity index (χ4v) is 4.16. The van der Waals surface area contributed by atoms with Crippen LogP contribution in [-0.4, -0.2) is 57.6 Å². The highest BCUT2D eigenvalue weighted by atomic mass is 32.2. The average molecular weight is 363 g/mol. The molecule has 1 N–H and O–H groups in total. The van der Waals surface area contributed by atoms with Crippen molar-refractivity contribution in [2.45, 2.75) is 25.8 Å². The van der Waals surface area contributed by atoms with Crippen LogP contribution in [0.4, 0.5) is 11.6 Å². The summed E-state index contributed by atoms with van der Waals surface area (Å²) in [5, 5.41) is 3.08. The van der Waals surface area contributed by atoms with E-state index in [1.807, 2.05) is 0 Å². The van der Waals surface area contributed by atoms with E-state index in [0.29, 0.717) is 29.7 Å². The molecule has 1 aliphatic rings. The molecule has 1 fully saturated rings. The van der Waals surface area contributed by atoms with Crippen molar-refractivity contribution in [1.29, 1.82) is 0 Å². The molecule has 0 amide bonds. The quantitative estimate of drug-likeness (QED) is 0.853. The van der Waals surface area contributed by atoms with Crippen LogP contribution < -0.4 is 5.32 Å². The van der Waals surface area contributed by atoms with Gasteiger partial charge in [-0.3, -0.25) is 4.98 Å². The Morgan fingerprint density at radius 1 is 1.24 bits per heavy atom. The van der Waals surface area contributed by atoms with Gasteiger partial charge in [0.25, 0.3) is 10.2 Å². The molecule has 1 atom stereocenters. The molecule has 0 spiro atoms. The lowest BCUT2D eigenvalue weighted by Crippen LogP contribution is -2.39. The van der Waals surface area contributed by atoms with Gasteiger partial charge in [-0.15, -0.1) is 0 Å². The summed E-state index contributed by atoms with van der Waals surface area (Å²) in [5.74, 6) is 1.70. The minimum atomic E-state index is -3.50. The van der Waals surface area contributed by atoms with Crippen molar-refractivity contribution in [2.75, 3.05) is 26.0 Å². The van der Waals surface area contributed by atoms with Crippen LogP contribution >= 0.6 is 0 Å². The zero-order valence-corrected chi connectivity index (χ0v) is 15.2. The molecule has 0 aromatic carbocycles. The number of nitrogens with one attached hydrogen (secondary N) is 1. The highest BCUT2D eigenvalue weighted by Gasteiger charge is 2.37. The van der Waals surface area contributed by atoms with Crippen molar-refractivity contribution in [1.82, 2.24) is 28.5 Å². The van der Waals surface area contributed by atoms with Gasteiger partial charge in [0.15, 0.2) is 0 Å². The number of hydrogen-bond donors (Lipinski definition) is 1. The smallest absolute Gasteiger partial charge is 0.282 e. The van der Waals surface area contributed by atoms with Gasteiger partial charge in [0.1, 0.15) is 17.5 Å². The molecule has 1 aliphatic heterocycles. The highest BCUT2D eigenvalue weighted by molar-refractivity contribution is 7.86. The molecule has 3 rings (SSSR count). The van der Waals surface area contributed by atoms with E-state index in [1.165, 1.54) is 22.7 Å². The maximum absolute atomic E-state index is 12.6. The monoisotopic (exact) mass is 363 g/mol. The Hall–Kier alpha value is -2.17. The third kappa shape index (κ3) is 3.75. The number of anilines is 2. The van der Waals surface area contributed by atoms with E-state index in [2.05, 4.69) is 25.3 Å². The molecule has 0 aliphatic carbocycles. The van der Waals surface area contributed by atoms with Crippen molar-refractivity contribution >= 4 is 21.8 Å². The van der Waals surface area contributed by atoms with E-state index in [-0.39, 0.29) is 6.04 Å². The third-order valence-electron chi connectivity index (χ3n) is 3.98. The first-order chi connectivity index (χ1) is 11.9. The summed E-state index contributed by atoms with van der Waals surface area (Å²) in [6.45, 7) is 2.27. The second-order valence-electron chi connectivity index (χ2n) is 6.00. The fourth-order valence-electron chi connectivity index (χ4n) is 2.84. The van der Waals surface area contributed by atoms with E-state index in [4.69, 9.17) is 0 Å². The van der Waals surface area contributed by atoms with E-state index in [1.54, 1.807) is 31.6 Å². The van der Waals surface area contributed by atoms with Crippen molar-refractivity contribution in [3.63, 3.8) is 0 Å². The first-order valence-corrected chi connectivity index (χ1v) is 9.35. The molecule has 1 saturated heterocycles. The van der Waals surface area contributed by atoms with Crippen LogP contribution in [0.15, 0.2) is 24.7 Å². The van der Waals surface area contributed by atoms with Gasteiger partial charge >= 0.3 is 0 Å². The summed E-state index contributed by atoms with van der Waals surface area (Å²) in [4.78, 5) is 17.0. The summed E-state index contributed by atoms with van der Waals surface area (Å²) < 4.78 is 27.8. The molecule has 2 aromatic rings. The maximum Gasteiger partial charge on any atom is 0.282 e. The topological polar surface area (TPSA) is 104 Å². The van der Waals surface area contributed by atoms with E-state index in [0.717, 1.165) is 12.8 Å². The van der Waals surface area contributed by atoms with E-state index in [9.17, 15) is 8.42 Å². The molecule has 3 heterocycles. The van der Waals surface area contributed by atoms with Gasteiger partial charge < -0.3 is 5.32 Å². The zero-order chi connectivity index (χ0) is 18.0. The molecular formula is C15H21N7O2S. The standard InChI is InChI=1S/C15H21N7O2S/c1-11-18-12(9-14(19-11)20-15-10-16-6-7-17-15)13-5-4-8-22(13)25(23,24)21(2)3/h6-7,9-10,13H,4-5,8H2,1-3H3,(H,17,18,19,20)/t13-/m1/s1. The largest absolute Gasteiger partial charge is 0.324 e. The van der Waals surface area contributed by atoms with E-state index < -0.39 is 10.2 Å². The van der Waals surface area contributed by atoms with Gasteiger partial charge in [-0.05, 0) is 19.8 Å². The van der Waals surface area contributed by atoms with Crippen LogP contribution in [0.1, 0.15) is 30.4 Å². The Bertz CT molecular complexity index is 842. The van der Waals surface area contributed by atoms with Crippen LogP contribution in [0.5, 0.6) is 0 Å². The average Bonchev–Trinajstić information content (AvgIpc) is 3.05. The van der Waals surface area contributed by atoms with E-state index >= 15 is 0 Å². The van der Waals surface area contributed by atoms with Gasteiger partial charge in [-0.1, -0.05) is 0 Å². The summed E-state index contributed by atoms with van der Waals surface area (Å²) in [6.07, 6.45) is 6.29. The summed E-state index contributed by atoms with van der Waals surface area (Å²) in [7, 11) is -0.418. The van der Waals surface area contributed by atoms with Gasteiger partial charge in [0.2, 0.25) is 0 Å². The Kier molecular flexibility index (Phi) is 4.93. The summed E-state index contributed by atoms with van der Waals surface area (Å²) >= 11 is 0. The van der Waals surface area contributed by atoms with Crippen LogP contribution in [0.2, 0.25) is 0 Å². The van der Waals surface area contributed by atoms with Crippen molar-refractivity contribution in [3.8, 4) is 0 Å². The summed E-state index contributed by atoms with van der Waals surface area (Å²) in [6, 6.07) is 1.48. The molecule has 0 unspecified atom stereocenters. The van der Waals surface area contributed by atoms with Crippen LogP contribution in [0, 0.1) is 6.92 Å². The van der Waals surface area contributed by atoms with Gasteiger partial charge in [0, 0.05) is 39.1 Å². The van der Waals surface area contributed by atoms with Gasteiger partial charge in [-0.25, -0.2) is 15.0 Å². The lowest BCUT2D eigenvalue weighted by molar-refractivity contribution is 0.357. The number of hydrogen-bond acceptors (Lipinski definition) is 7. The Balaban J connectivity index is 1.92. The minimum Gasteiger partial charge on any atom is -0.324 e. The lowest BCUT2D eigenvalue weighted by atomic mass is 10.1. The molecule has 10 heteroatoms. The molecule has 0 radical (unpaired) electrons. The molecule has 0 saturated carbocycles. The SMILES string of the molecule is Cc1nc(Nc2cnccn2)cc([C@H]2CCCN2S(=O)(=O)N(C)C)n1. The lowest BCUT2D eigenvalue weighted by Gasteiger charge is -2.26. The number of rotatable bonds is 5. The molecule has 0 bridgehead atoms. The fraction of sp³-hybridized carbons (Fsp3) is 0.467. The Morgan fingerprint density at radius 3 is 2.72 bits per heavy atom. The second kappa shape index (κ2) is 6.98. The number of aryl methyl sites for hydroxylation is 1. The van der Waals surface area contributed by atoms with Crippen LogP contribution in [-0.2, 0) is 10.2 Å². The third-order valence-corrected chi connectivity index (χ3v) is 5.93. The van der Waals surface area contributed by atoms with Gasteiger partial charge in [-0.2, -0.15) is 17.0 Å². The molecular weight excluding hydrogens is 342 g/mol. The second-order valence-corrected chi connectivity index (χ2v) is 8.09. The van der Waals surface area contributed by atoms with Crippen molar-refractivity contribution in [2.24, 2.45) is 0 Å². The zero-order valence-electron chi connectivity index (χ0n) is 14.4. The number of aromatic nitrogens is 4. The molecule has 9 nitrogen and oxygen atoms in total. The number of nitrogens with zero attached hydrogens (tertiary/aromatic N) is 6. The summed E-state index contributed by atoms with van der Waals surface area (Å²) in [5.41, 5.74) is 0.682. The Labute approximate surface area is 147 Å². The highest BCUT2D eigenvalue weighted by Crippen LogP contribution is 2.34. The van der Waals surface area contributed by atoms with Crippen molar-refractivity contribution in [3.05, 3.63) is 36.2 Å². The first kappa shape index (κ1) is 17.6. The predicted octanol–water partition coefficient (Wildman–Crippen LogP) is 1.26. The molecule has 2 aromatic heterocycles. The van der Waals surface area contributed by atoms with Crippen LogP contribution in [0.25, 0.3) is 0 Å².